The van der Waals surface area contributed by atoms with E-state index in [1.54, 1.807) is 30.6 Å². The van der Waals surface area contributed by atoms with E-state index in [9.17, 15) is 4.39 Å². The van der Waals surface area contributed by atoms with Crippen LogP contribution in [0, 0.1) is 5.82 Å². The topological polar surface area (TPSA) is 80.5 Å². The van der Waals surface area contributed by atoms with Crippen molar-refractivity contribution in [1.29, 1.82) is 0 Å². The van der Waals surface area contributed by atoms with E-state index in [0.717, 1.165) is 11.8 Å². The first-order valence-electron chi connectivity index (χ1n) is 5.61. The zero-order chi connectivity index (χ0) is 13.2. The minimum Gasteiger partial charge on any atom is -0.382 e. The maximum Gasteiger partial charge on any atom is 0.153 e. The van der Waals surface area contributed by atoms with Crippen molar-refractivity contribution in [3.8, 4) is 22.4 Å². The second kappa shape index (κ2) is 4.49. The van der Waals surface area contributed by atoms with Crippen LogP contribution < -0.4 is 5.73 Å². The van der Waals surface area contributed by atoms with Crippen LogP contribution in [0.15, 0.2) is 43.0 Å². The van der Waals surface area contributed by atoms with Crippen molar-refractivity contribution < 1.29 is 4.39 Å². The lowest BCUT2D eigenvalue weighted by molar-refractivity contribution is 0.624. The van der Waals surface area contributed by atoms with Crippen molar-refractivity contribution in [1.82, 2.24) is 20.2 Å². The van der Waals surface area contributed by atoms with Gasteiger partial charge < -0.3 is 5.73 Å². The molecule has 0 spiro atoms. The van der Waals surface area contributed by atoms with Crippen LogP contribution in [0.3, 0.4) is 0 Å². The number of halogens is 1. The van der Waals surface area contributed by atoms with E-state index in [4.69, 9.17) is 5.73 Å². The molecule has 3 N–H and O–H groups in total. The van der Waals surface area contributed by atoms with E-state index in [1.807, 2.05) is 0 Å². The number of hydrogen-bond donors (Lipinski definition) is 2. The fraction of sp³-hybridized carbons (Fsp3) is 0. The van der Waals surface area contributed by atoms with Crippen LogP contribution in [0.1, 0.15) is 0 Å². The predicted octanol–water partition coefficient (Wildman–Crippen LogP) is 2.25. The third kappa shape index (κ3) is 1.93. The van der Waals surface area contributed by atoms with Gasteiger partial charge in [0.05, 0.1) is 17.5 Å². The minimum absolute atomic E-state index is 0.317. The third-order valence-corrected chi connectivity index (χ3v) is 2.81. The van der Waals surface area contributed by atoms with E-state index in [2.05, 4.69) is 20.2 Å². The van der Waals surface area contributed by atoms with Crippen molar-refractivity contribution >= 4 is 5.82 Å². The molecule has 0 aliphatic carbocycles. The summed E-state index contributed by atoms with van der Waals surface area (Å²) in [5.74, 6) is -0.112. The molecule has 19 heavy (non-hydrogen) atoms. The Kier molecular flexibility index (Phi) is 2.68. The standard InChI is InChI=1S/C13H10FN5/c14-10-7-17-6-3-9(10)12-11(13(15)19-18-12)8-1-4-16-5-2-8/h1-7H,(H3,15,18,19). The summed E-state index contributed by atoms with van der Waals surface area (Å²) < 4.78 is 13.8. The number of nitrogens with zero attached hydrogens (tertiary/aromatic N) is 3. The van der Waals surface area contributed by atoms with Gasteiger partial charge in [-0.2, -0.15) is 5.10 Å². The fourth-order valence-corrected chi connectivity index (χ4v) is 1.94. The van der Waals surface area contributed by atoms with Gasteiger partial charge in [-0.15, -0.1) is 0 Å². The Balaban J connectivity index is 2.23. The number of aromatic amines is 1. The van der Waals surface area contributed by atoms with Crippen LogP contribution in [-0.4, -0.2) is 20.2 Å². The van der Waals surface area contributed by atoms with Gasteiger partial charge in [-0.1, -0.05) is 0 Å². The Morgan fingerprint density at radius 3 is 2.53 bits per heavy atom. The first kappa shape index (κ1) is 11.3. The van der Waals surface area contributed by atoms with Gasteiger partial charge in [0, 0.05) is 24.2 Å². The molecule has 3 rings (SSSR count). The Hall–Kier alpha value is -2.76. The summed E-state index contributed by atoms with van der Waals surface area (Å²) in [5, 5.41) is 6.72. The summed E-state index contributed by atoms with van der Waals surface area (Å²) >= 11 is 0. The number of aromatic nitrogens is 4. The first-order valence-corrected chi connectivity index (χ1v) is 5.61. The second-order valence-corrected chi connectivity index (χ2v) is 3.95. The van der Waals surface area contributed by atoms with Crippen molar-refractivity contribution in [2.75, 3.05) is 5.73 Å². The molecule has 94 valence electrons. The molecule has 0 bridgehead atoms. The van der Waals surface area contributed by atoms with Gasteiger partial charge in [-0.3, -0.25) is 15.1 Å². The number of rotatable bonds is 2. The lowest BCUT2D eigenvalue weighted by Gasteiger charge is -2.05. The molecule has 0 radical (unpaired) electrons. The average molecular weight is 255 g/mol. The van der Waals surface area contributed by atoms with E-state index >= 15 is 0 Å². The molecule has 0 fully saturated rings. The lowest BCUT2D eigenvalue weighted by atomic mass is 10.0. The number of anilines is 1. The summed E-state index contributed by atoms with van der Waals surface area (Å²) in [4.78, 5) is 7.68. The van der Waals surface area contributed by atoms with Gasteiger partial charge in [-0.25, -0.2) is 4.39 Å². The van der Waals surface area contributed by atoms with Gasteiger partial charge in [0.1, 0.15) is 0 Å². The average Bonchev–Trinajstić information content (AvgIpc) is 2.82. The molecule has 3 heterocycles. The molecule has 0 unspecified atom stereocenters. The van der Waals surface area contributed by atoms with Crippen molar-refractivity contribution in [3.05, 3.63) is 48.8 Å². The van der Waals surface area contributed by atoms with Gasteiger partial charge in [0.2, 0.25) is 0 Å². The number of nitrogen functional groups attached to an aromatic ring is 1. The van der Waals surface area contributed by atoms with Crippen LogP contribution in [0.25, 0.3) is 22.4 Å². The van der Waals surface area contributed by atoms with Gasteiger partial charge in [0.25, 0.3) is 0 Å². The largest absolute Gasteiger partial charge is 0.382 e. The normalized spacial score (nSPS) is 10.6. The minimum atomic E-state index is -0.429. The molecule has 0 aliphatic rings. The summed E-state index contributed by atoms with van der Waals surface area (Å²) in [6.45, 7) is 0. The van der Waals surface area contributed by atoms with Crippen LogP contribution >= 0.6 is 0 Å². The Bertz CT molecular complexity index is 708. The van der Waals surface area contributed by atoms with Crippen molar-refractivity contribution in [3.63, 3.8) is 0 Å². The molecule has 5 nitrogen and oxygen atoms in total. The molecular weight excluding hydrogens is 245 g/mol. The Morgan fingerprint density at radius 1 is 1.05 bits per heavy atom. The van der Waals surface area contributed by atoms with Crippen LogP contribution in [-0.2, 0) is 0 Å². The third-order valence-electron chi connectivity index (χ3n) is 2.81. The van der Waals surface area contributed by atoms with E-state index < -0.39 is 5.82 Å². The summed E-state index contributed by atoms with van der Waals surface area (Å²) in [6, 6.07) is 5.17. The van der Waals surface area contributed by atoms with Crippen LogP contribution in [0.2, 0.25) is 0 Å². The quantitative estimate of drug-likeness (QED) is 0.736. The summed E-state index contributed by atoms with van der Waals surface area (Å²) in [6.07, 6.45) is 5.97. The fourth-order valence-electron chi connectivity index (χ4n) is 1.94. The van der Waals surface area contributed by atoms with Crippen molar-refractivity contribution in [2.24, 2.45) is 0 Å². The molecule has 0 saturated heterocycles. The highest BCUT2D eigenvalue weighted by Crippen LogP contribution is 2.34. The first-order chi connectivity index (χ1) is 9.27. The highest BCUT2D eigenvalue weighted by molar-refractivity contribution is 5.87. The smallest absolute Gasteiger partial charge is 0.153 e. The number of H-pyrrole nitrogens is 1. The Morgan fingerprint density at radius 2 is 1.79 bits per heavy atom. The highest BCUT2D eigenvalue weighted by Gasteiger charge is 2.17. The monoisotopic (exact) mass is 255 g/mol. The summed E-state index contributed by atoms with van der Waals surface area (Å²) in [7, 11) is 0. The molecule has 6 heteroatoms. The molecule has 0 atom stereocenters. The van der Waals surface area contributed by atoms with Crippen LogP contribution in [0.5, 0.6) is 0 Å². The van der Waals surface area contributed by atoms with E-state index in [1.165, 1.54) is 6.20 Å². The molecule has 0 aromatic carbocycles. The number of nitrogens with one attached hydrogen (secondary N) is 1. The predicted molar refractivity (Wildman–Crippen MR) is 69.4 cm³/mol. The number of nitrogens with two attached hydrogens (primary N) is 1. The van der Waals surface area contributed by atoms with Gasteiger partial charge >= 0.3 is 0 Å². The Labute approximate surface area is 108 Å². The molecule has 0 aliphatic heterocycles. The maximum absolute atomic E-state index is 13.8. The molecular formula is C13H10FN5. The molecule has 0 amide bonds. The second-order valence-electron chi connectivity index (χ2n) is 3.95. The zero-order valence-corrected chi connectivity index (χ0v) is 9.84. The van der Waals surface area contributed by atoms with Crippen molar-refractivity contribution in [2.45, 2.75) is 0 Å². The van der Waals surface area contributed by atoms with Gasteiger partial charge in [-0.05, 0) is 23.8 Å². The lowest BCUT2D eigenvalue weighted by Crippen LogP contribution is -1.91. The number of hydrogen-bond acceptors (Lipinski definition) is 4. The van der Waals surface area contributed by atoms with Crippen LogP contribution in [0.4, 0.5) is 10.2 Å². The van der Waals surface area contributed by atoms with Gasteiger partial charge in [0.15, 0.2) is 11.6 Å². The zero-order valence-electron chi connectivity index (χ0n) is 9.84. The maximum atomic E-state index is 13.8. The summed E-state index contributed by atoms with van der Waals surface area (Å²) in [5.41, 5.74) is 8.26. The highest BCUT2D eigenvalue weighted by atomic mass is 19.1. The van der Waals surface area contributed by atoms with E-state index in [0.29, 0.717) is 22.6 Å². The van der Waals surface area contributed by atoms with E-state index in [-0.39, 0.29) is 0 Å². The molecule has 3 aromatic heterocycles. The molecule has 3 aromatic rings. The number of pyridine rings is 2. The molecule has 0 saturated carbocycles. The SMILES string of the molecule is Nc1n[nH]c(-c2ccncc2F)c1-c1ccncc1.